The molecule has 0 aromatic rings. The van der Waals surface area contributed by atoms with Gasteiger partial charge < -0.3 is 18.4 Å². The topological polar surface area (TPSA) is 59.2 Å². The molecule has 2 aliphatic rings. The van der Waals surface area contributed by atoms with E-state index in [4.69, 9.17) is 8.85 Å². The lowest BCUT2D eigenvalue weighted by Crippen LogP contribution is -2.09. The number of carbonyl (C=O) groups excluding carboxylic acids is 2. The summed E-state index contributed by atoms with van der Waals surface area (Å²) in [5.41, 5.74) is 0. The molecule has 0 saturated carbocycles. The molecule has 0 radical (unpaired) electrons. The largest absolute Gasteiger partial charge is 0.382 e. The lowest BCUT2D eigenvalue weighted by atomic mass is 11.5. The minimum atomic E-state index is -1.65. The van der Waals surface area contributed by atoms with Crippen molar-refractivity contribution >= 4 is 29.9 Å². The van der Waals surface area contributed by atoms with Crippen LogP contribution in [0.1, 0.15) is 0 Å². The minimum absolute atomic E-state index is 0.524. The van der Waals surface area contributed by atoms with E-state index >= 15 is 0 Å². The Labute approximate surface area is 54.2 Å². The first-order valence-electron chi connectivity index (χ1n) is 2.60. The first-order valence-corrected chi connectivity index (χ1v) is 6.03. The van der Waals surface area contributed by atoms with Crippen molar-refractivity contribution in [2.75, 3.05) is 0 Å². The zero-order chi connectivity index (χ0) is 6.48. The second-order valence-electron chi connectivity index (χ2n) is 2.07. The van der Waals surface area contributed by atoms with E-state index < -0.39 is 23.1 Å². The molecule has 1 spiro atoms. The molecule has 0 bridgehead atoms. The molecule has 2 heterocycles. The van der Waals surface area contributed by atoms with Crippen molar-refractivity contribution in [1.29, 1.82) is 0 Å². The fraction of sp³-hybridized carbons (Fsp3) is 0.333. The summed E-state index contributed by atoms with van der Waals surface area (Å²) in [7, 11) is -3.29. The highest BCUT2D eigenvalue weighted by atomic mass is 28.4. The molecule has 4 nitrogen and oxygen atoms in total. The monoisotopic (exact) mass is 160 g/mol. The molecule has 0 N–H and O–H groups in total. The molecule has 2 atom stereocenters. The maximum atomic E-state index is 10.0. The molecule has 9 heavy (non-hydrogen) atoms. The van der Waals surface area contributed by atoms with Gasteiger partial charge in [0.05, 0.1) is 0 Å². The van der Waals surface area contributed by atoms with Gasteiger partial charge in [0.1, 0.15) is 11.8 Å². The van der Waals surface area contributed by atoms with Crippen molar-refractivity contribution < 1.29 is 18.4 Å². The molecule has 2 aliphatic heterocycles. The molecule has 0 aromatic heterocycles. The second kappa shape index (κ2) is 1.40. The number of carbonyl (C=O) groups is 2. The van der Waals surface area contributed by atoms with E-state index in [9.17, 15) is 9.59 Å². The Hall–Kier alpha value is -0.306. The van der Waals surface area contributed by atoms with Crippen LogP contribution in [-0.2, 0) is 18.4 Å². The summed E-state index contributed by atoms with van der Waals surface area (Å²) in [4.78, 5) is 20.1. The fourth-order valence-electron chi connectivity index (χ4n) is 0.898. The molecular weight excluding hydrogens is 156 g/mol. The van der Waals surface area contributed by atoms with Gasteiger partial charge in [0.25, 0.3) is 0 Å². The summed E-state index contributed by atoms with van der Waals surface area (Å²) in [5.74, 6) is 1.63. The highest BCUT2D eigenvalue weighted by Crippen LogP contribution is 2.47. The van der Waals surface area contributed by atoms with Gasteiger partial charge in [-0.1, -0.05) is 0 Å². The van der Waals surface area contributed by atoms with E-state index in [1.807, 2.05) is 0 Å². The highest BCUT2D eigenvalue weighted by Gasteiger charge is 2.79. The Balaban J connectivity index is 2.04. The van der Waals surface area contributed by atoms with Crippen LogP contribution in [0.5, 0.6) is 0 Å². The van der Waals surface area contributed by atoms with Crippen LogP contribution >= 0.6 is 0 Å². The summed E-state index contributed by atoms with van der Waals surface area (Å²) in [5, 5.41) is -0.524. The van der Waals surface area contributed by atoms with Gasteiger partial charge in [-0.3, -0.25) is 0 Å². The van der Waals surface area contributed by atoms with Gasteiger partial charge in [-0.25, -0.2) is 0 Å². The maximum Gasteiger partial charge on any atom is 0.307 e. The van der Waals surface area contributed by atoms with Gasteiger partial charge in [0, 0.05) is 0 Å². The first kappa shape index (κ1) is 5.48. The molecule has 2 saturated heterocycles. The Morgan fingerprint density at radius 1 is 1.11 bits per heavy atom. The van der Waals surface area contributed by atoms with Gasteiger partial charge in [0.15, 0.2) is 5.03 Å². The lowest BCUT2D eigenvalue weighted by Gasteiger charge is -1.62. The van der Waals surface area contributed by atoms with Crippen LogP contribution in [0, 0.1) is 0 Å². The standard InChI is InChI=1S/C3H4O4Si2/c4-1-8-3(6-8)7-9(3)2-5/h1-2,8-9H. The van der Waals surface area contributed by atoms with Crippen LogP contribution in [-0.4, -0.2) is 34.9 Å². The van der Waals surface area contributed by atoms with Gasteiger partial charge in [0.2, 0.25) is 0 Å². The zero-order valence-corrected chi connectivity index (χ0v) is 6.75. The lowest BCUT2D eigenvalue weighted by molar-refractivity contribution is 0.266. The number of hydrogen-bond acceptors (Lipinski definition) is 4. The van der Waals surface area contributed by atoms with E-state index in [0.29, 0.717) is 0 Å². The van der Waals surface area contributed by atoms with Crippen molar-refractivity contribution in [3.8, 4) is 0 Å². The average molecular weight is 160 g/mol. The van der Waals surface area contributed by atoms with E-state index in [1.165, 1.54) is 0 Å². The molecule has 2 fully saturated rings. The molecular formula is C3H4O4Si2. The number of hydrogen-bond donors (Lipinski definition) is 0. The Morgan fingerprint density at radius 3 is 1.78 bits per heavy atom. The first-order chi connectivity index (χ1) is 4.33. The van der Waals surface area contributed by atoms with E-state index in [-0.39, 0.29) is 0 Å². The van der Waals surface area contributed by atoms with E-state index in [2.05, 4.69) is 0 Å². The van der Waals surface area contributed by atoms with Gasteiger partial charge >= 0.3 is 18.1 Å². The van der Waals surface area contributed by atoms with Crippen LogP contribution in [0.15, 0.2) is 0 Å². The SMILES string of the molecule is O=C[SiH]1OC12O[SiH]2C=O. The molecule has 6 heteroatoms. The van der Waals surface area contributed by atoms with Crippen LogP contribution in [0.25, 0.3) is 0 Å². The fourth-order valence-corrected chi connectivity index (χ4v) is 6.46. The Bertz CT molecular complexity index is 161. The zero-order valence-electron chi connectivity index (χ0n) is 4.44. The Morgan fingerprint density at radius 2 is 1.56 bits per heavy atom. The average Bonchev–Trinajstić information content (AvgIpc) is 2.74. The Kier molecular flexibility index (Phi) is 0.852. The summed E-state index contributed by atoms with van der Waals surface area (Å²) < 4.78 is 9.89. The highest BCUT2D eigenvalue weighted by molar-refractivity contribution is 7.10. The summed E-state index contributed by atoms with van der Waals surface area (Å²) in [6, 6.07) is 0. The van der Waals surface area contributed by atoms with Gasteiger partial charge in [-0.15, -0.1) is 0 Å². The van der Waals surface area contributed by atoms with Gasteiger partial charge in [-0.2, -0.15) is 0 Å². The van der Waals surface area contributed by atoms with Crippen LogP contribution < -0.4 is 0 Å². The van der Waals surface area contributed by atoms with Gasteiger partial charge in [-0.05, 0) is 0 Å². The minimum Gasteiger partial charge on any atom is -0.382 e. The van der Waals surface area contributed by atoms with Crippen molar-refractivity contribution in [2.24, 2.45) is 0 Å². The second-order valence-corrected chi connectivity index (χ2v) is 7.04. The number of rotatable bonds is 2. The van der Waals surface area contributed by atoms with Crippen molar-refractivity contribution in [3.63, 3.8) is 0 Å². The summed E-state index contributed by atoms with van der Waals surface area (Å²) in [6.07, 6.45) is 0. The van der Waals surface area contributed by atoms with Crippen molar-refractivity contribution in [1.82, 2.24) is 0 Å². The molecule has 0 amide bonds. The van der Waals surface area contributed by atoms with Crippen LogP contribution in [0.4, 0.5) is 0 Å². The smallest absolute Gasteiger partial charge is 0.307 e. The normalized spacial score (nSPS) is 52.9. The maximum absolute atomic E-state index is 10.0. The third-order valence-corrected chi connectivity index (χ3v) is 7.43. The molecule has 2 unspecified atom stereocenters. The van der Waals surface area contributed by atoms with Crippen molar-refractivity contribution in [3.05, 3.63) is 0 Å². The third kappa shape index (κ3) is 0.530. The van der Waals surface area contributed by atoms with Crippen molar-refractivity contribution in [2.45, 2.75) is 5.03 Å². The third-order valence-electron chi connectivity index (χ3n) is 1.55. The molecule has 2 rings (SSSR count). The predicted molar refractivity (Wildman–Crippen MR) is 32.7 cm³/mol. The molecule has 0 aromatic carbocycles. The quantitative estimate of drug-likeness (QED) is 0.262. The van der Waals surface area contributed by atoms with E-state index in [1.54, 1.807) is 0 Å². The molecule has 48 valence electrons. The predicted octanol–water partition coefficient (Wildman–Crippen LogP) is -2.19. The van der Waals surface area contributed by atoms with E-state index in [0.717, 1.165) is 11.8 Å². The molecule has 0 aliphatic carbocycles. The van der Waals surface area contributed by atoms with Crippen LogP contribution in [0.2, 0.25) is 0 Å². The van der Waals surface area contributed by atoms with Crippen LogP contribution in [0.3, 0.4) is 0 Å². The summed E-state index contributed by atoms with van der Waals surface area (Å²) in [6.45, 7) is 0. The summed E-state index contributed by atoms with van der Waals surface area (Å²) >= 11 is 0.